The van der Waals surface area contributed by atoms with E-state index in [-0.39, 0.29) is 6.42 Å². The van der Waals surface area contributed by atoms with Crippen molar-refractivity contribution in [3.63, 3.8) is 0 Å². The van der Waals surface area contributed by atoms with Gasteiger partial charge in [-0.25, -0.2) is 4.39 Å². The van der Waals surface area contributed by atoms with Crippen LogP contribution in [0.3, 0.4) is 0 Å². The first-order chi connectivity index (χ1) is 12.3. The topological polar surface area (TPSA) is 110 Å². The number of amides is 1. The van der Waals surface area contributed by atoms with Gasteiger partial charge in [-0.3, -0.25) is 14.5 Å². The van der Waals surface area contributed by atoms with Crippen LogP contribution >= 0.6 is 0 Å². The first-order valence-electron chi connectivity index (χ1n) is 8.54. The van der Waals surface area contributed by atoms with Crippen molar-refractivity contribution in [2.24, 2.45) is 5.92 Å². The highest BCUT2D eigenvalue weighted by molar-refractivity contribution is 5.85. The number of hydrogen-bond acceptors (Lipinski definition) is 5. The molecular weight excluding hydrogens is 343 g/mol. The molecule has 0 aliphatic carbocycles. The quantitative estimate of drug-likeness (QED) is 0.559. The number of likely N-dealkylation sites (tertiary alicyclic amines) is 1. The summed E-state index contributed by atoms with van der Waals surface area (Å²) < 4.78 is 13.3. The second-order valence-corrected chi connectivity index (χ2v) is 6.68. The van der Waals surface area contributed by atoms with Crippen molar-refractivity contribution < 1.29 is 29.3 Å². The Hall–Kier alpha value is -2.03. The molecule has 1 aromatic rings. The van der Waals surface area contributed by atoms with Crippen molar-refractivity contribution >= 4 is 11.9 Å². The smallest absolute Gasteiger partial charge is 0.324 e. The van der Waals surface area contributed by atoms with Gasteiger partial charge >= 0.3 is 5.97 Å². The number of halogens is 1. The molecular formula is C18H25FN2O5. The minimum absolute atomic E-state index is 0.0762. The van der Waals surface area contributed by atoms with E-state index in [4.69, 9.17) is 0 Å². The van der Waals surface area contributed by atoms with Gasteiger partial charge in [0.05, 0.1) is 25.2 Å². The molecule has 0 unspecified atom stereocenters. The number of carbonyl (C=O) groups is 2. The molecule has 1 aliphatic heterocycles. The van der Waals surface area contributed by atoms with Crippen LogP contribution in [0.5, 0.6) is 0 Å². The van der Waals surface area contributed by atoms with E-state index in [9.17, 15) is 29.3 Å². The van der Waals surface area contributed by atoms with Gasteiger partial charge in [-0.1, -0.05) is 19.1 Å². The maximum atomic E-state index is 13.3. The number of carboxylic acids is 1. The SMILES string of the molecule is CC[C@@]1(C(=O)O)C[C@H](C(=O)NC(CO)CO)[C@H](c2ccc(F)cc2)N1C. The molecule has 4 N–H and O–H groups in total. The zero-order chi connectivity index (χ0) is 19.5. The van der Waals surface area contributed by atoms with Crippen molar-refractivity contribution in [3.05, 3.63) is 35.6 Å². The molecule has 7 nitrogen and oxygen atoms in total. The van der Waals surface area contributed by atoms with Gasteiger partial charge in [0, 0.05) is 6.04 Å². The van der Waals surface area contributed by atoms with Crippen molar-refractivity contribution in [1.29, 1.82) is 0 Å². The number of benzene rings is 1. The maximum absolute atomic E-state index is 13.3. The van der Waals surface area contributed by atoms with E-state index in [2.05, 4.69) is 5.32 Å². The summed E-state index contributed by atoms with van der Waals surface area (Å²) in [6.45, 7) is 0.893. The monoisotopic (exact) mass is 368 g/mol. The lowest BCUT2D eigenvalue weighted by molar-refractivity contribution is -0.150. The van der Waals surface area contributed by atoms with Crippen LogP contribution in [0.15, 0.2) is 24.3 Å². The zero-order valence-corrected chi connectivity index (χ0v) is 14.9. The van der Waals surface area contributed by atoms with E-state index < -0.39 is 54.4 Å². The van der Waals surface area contributed by atoms with Gasteiger partial charge in [0.1, 0.15) is 11.4 Å². The first-order valence-corrected chi connectivity index (χ1v) is 8.54. The summed E-state index contributed by atoms with van der Waals surface area (Å²) in [7, 11) is 1.65. The standard InChI is InChI=1S/C18H25FN2O5/c1-3-18(17(25)26)8-14(16(24)20-13(9-22)10-23)15(21(18)2)11-4-6-12(19)7-5-11/h4-7,13-15,22-23H,3,8-10H2,1-2H3,(H,20,24)(H,25,26)/t14-,15-,18-/m0/s1. The van der Waals surface area contributed by atoms with E-state index in [0.717, 1.165) is 0 Å². The summed E-state index contributed by atoms with van der Waals surface area (Å²) in [4.78, 5) is 26.4. The van der Waals surface area contributed by atoms with Crippen LogP contribution in [0.1, 0.15) is 31.4 Å². The van der Waals surface area contributed by atoms with Gasteiger partial charge in [0.15, 0.2) is 0 Å². The van der Waals surface area contributed by atoms with E-state index in [0.29, 0.717) is 12.0 Å². The summed E-state index contributed by atoms with van der Waals surface area (Å²) >= 11 is 0. The van der Waals surface area contributed by atoms with E-state index >= 15 is 0 Å². The number of carboxylic acid groups (broad SMARTS) is 1. The molecule has 1 aromatic carbocycles. The molecule has 0 spiro atoms. The molecule has 0 aromatic heterocycles. The van der Waals surface area contributed by atoms with E-state index in [1.807, 2.05) is 0 Å². The van der Waals surface area contributed by atoms with Crippen LogP contribution in [0.4, 0.5) is 4.39 Å². The van der Waals surface area contributed by atoms with Crippen LogP contribution < -0.4 is 5.32 Å². The predicted molar refractivity (Wildman–Crippen MR) is 91.8 cm³/mol. The third-order valence-corrected chi connectivity index (χ3v) is 5.35. The molecule has 2 rings (SSSR count). The minimum atomic E-state index is -1.23. The Balaban J connectivity index is 2.42. The van der Waals surface area contributed by atoms with Gasteiger partial charge in [-0.05, 0) is 37.6 Å². The Morgan fingerprint density at radius 3 is 2.35 bits per heavy atom. The lowest BCUT2D eigenvalue weighted by Gasteiger charge is -2.34. The minimum Gasteiger partial charge on any atom is -0.480 e. The average Bonchev–Trinajstić information content (AvgIpc) is 2.94. The lowest BCUT2D eigenvalue weighted by Crippen LogP contribution is -2.48. The van der Waals surface area contributed by atoms with Gasteiger partial charge in [0.25, 0.3) is 0 Å². The molecule has 1 amide bonds. The highest BCUT2D eigenvalue weighted by Crippen LogP contribution is 2.47. The summed E-state index contributed by atoms with van der Waals surface area (Å²) in [6, 6.07) is 4.25. The number of aliphatic hydroxyl groups is 2. The van der Waals surface area contributed by atoms with Crippen molar-refractivity contribution in [1.82, 2.24) is 10.2 Å². The largest absolute Gasteiger partial charge is 0.480 e. The first kappa shape index (κ1) is 20.3. The number of aliphatic carboxylic acids is 1. The van der Waals surface area contributed by atoms with E-state index in [1.54, 1.807) is 31.0 Å². The summed E-state index contributed by atoms with van der Waals surface area (Å²) in [5.41, 5.74) is -0.593. The molecule has 1 heterocycles. The number of nitrogens with one attached hydrogen (secondary N) is 1. The van der Waals surface area contributed by atoms with Crippen LogP contribution in [0.2, 0.25) is 0 Å². The highest BCUT2D eigenvalue weighted by Gasteiger charge is 2.56. The molecule has 0 bridgehead atoms. The molecule has 144 valence electrons. The van der Waals surface area contributed by atoms with E-state index in [1.165, 1.54) is 12.1 Å². The normalized spacial score (nSPS) is 26.2. The molecule has 1 saturated heterocycles. The number of aliphatic hydroxyl groups excluding tert-OH is 2. The van der Waals surface area contributed by atoms with Crippen LogP contribution in [0, 0.1) is 11.7 Å². The fourth-order valence-electron chi connectivity index (χ4n) is 3.75. The molecule has 26 heavy (non-hydrogen) atoms. The van der Waals surface area contributed by atoms with Crippen LogP contribution in [-0.4, -0.2) is 63.9 Å². The lowest BCUT2D eigenvalue weighted by atomic mass is 9.87. The second kappa shape index (κ2) is 8.11. The average molecular weight is 368 g/mol. The highest BCUT2D eigenvalue weighted by atomic mass is 19.1. The maximum Gasteiger partial charge on any atom is 0.324 e. The zero-order valence-electron chi connectivity index (χ0n) is 14.9. The third kappa shape index (κ3) is 3.58. The van der Waals surface area contributed by atoms with Crippen LogP contribution in [-0.2, 0) is 9.59 Å². The fourth-order valence-corrected chi connectivity index (χ4v) is 3.75. The Labute approximate surface area is 151 Å². The van der Waals surface area contributed by atoms with Crippen LogP contribution in [0.25, 0.3) is 0 Å². The number of carbonyl (C=O) groups excluding carboxylic acids is 1. The van der Waals surface area contributed by atoms with Gasteiger partial charge in [-0.15, -0.1) is 0 Å². The number of rotatable bonds is 7. The van der Waals surface area contributed by atoms with Crippen molar-refractivity contribution in [3.8, 4) is 0 Å². The molecule has 1 fully saturated rings. The summed E-state index contributed by atoms with van der Waals surface area (Å²) in [5.74, 6) is -2.61. The van der Waals surface area contributed by atoms with Gasteiger partial charge < -0.3 is 20.6 Å². The second-order valence-electron chi connectivity index (χ2n) is 6.68. The Morgan fingerprint density at radius 1 is 1.31 bits per heavy atom. The predicted octanol–water partition coefficient (Wildman–Crippen LogP) is 0.521. The van der Waals surface area contributed by atoms with Gasteiger partial charge in [0.2, 0.25) is 5.91 Å². The molecule has 0 radical (unpaired) electrons. The number of likely N-dealkylation sites (N-methyl/N-ethyl adjacent to an activating group) is 1. The third-order valence-electron chi connectivity index (χ3n) is 5.35. The van der Waals surface area contributed by atoms with Gasteiger partial charge in [-0.2, -0.15) is 0 Å². The Bertz CT molecular complexity index is 649. The summed E-state index contributed by atoms with van der Waals surface area (Å²) in [6.07, 6.45) is 0.372. The van der Waals surface area contributed by atoms with Crippen molar-refractivity contribution in [2.75, 3.05) is 20.3 Å². The number of nitrogens with zero attached hydrogens (tertiary/aromatic N) is 1. The fraction of sp³-hybridized carbons (Fsp3) is 0.556. The molecule has 8 heteroatoms. The Morgan fingerprint density at radius 2 is 1.88 bits per heavy atom. The summed E-state index contributed by atoms with van der Waals surface area (Å²) in [5, 5.41) is 30.8. The van der Waals surface area contributed by atoms with Crippen molar-refractivity contribution in [2.45, 2.75) is 37.4 Å². The molecule has 3 atom stereocenters. The molecule has 1 aliphatic rings. The Kier molecular flexibility index (Phi) is 6.33. The number of hydrogen-bond donors (Lipinski definition) is 4. The molecule has 0 saturated carbocycles.